The van der Waals surface area contributed by atoms with E-state index in [1.54, 1.807) is 0 Å². The van der Waals surface area contributed by atoms with E-state index in [2.05, 4.69) is 41.0 Å². The molecule has 0 atom stereocenters. The zero-order valence-corrected chi connectivity index (χ0v) is 12.1. The lowest BCUT2D eigenvalue weighted by atomic mass is 10.2. The molecule has 0 aliphatic carbocycles. The largest absolute Gasteiger partial charge is 0.383 e. The first-order valence-electron chi connectivity index (χ1n) is 6.61. The summed E-state index contributed by atoms with van der Waals surface area (Å²) in [7, 11) is 0. The van der Waals surface area contributed by atoms with E-state index < -0.39 is 0 Å². The Kier molecular flexibility index (Phi) is 4.40. The lowest BCUT2D eigenvalue weighted by Gasteiger charge is -2.07. The van der Waals surface area contributed by atoms with Crippen LogP contribution in [-0.4, -0.2) is 33.5 Å². The van der Waals surface area contributed by atoms with Gasteiger partial charge in [-0.15, -0.1) is 0 Å². The van der Waals surface area contributed by atoms with Gasteiger partial charge in [-0.1, -0.05) is 11.8 Å². The number of aromatic nitrogens is 3. The van der Waals surface area contributed by atoms with E-state index in [4.69, 9.17) is 11.5 Å². The number of rotatable bonds is 3. The van der Waals surface area contributed by atoms with Crippen LogP contribution in [0.4, 0.5) is 5.82 Å². The third-order valence-corrected chi connectivity index (χ3v) is 2.98. The second-order valence-electron chi connectivity index (χ2n) is 4.78. The van der Waals surface area contributed by atoms with Crippen LogP contribution in [-0.2, 0) is 4.79 Å². The molecule has 0 radical (unpaired) electrons. The first-order valence-corrected chi connectivity index (χ1v) is 6.61. The van der Waals surface area contributed by atoms with Gasteiger partial charge >= 0.3 is 0 Å². The standard InChI is InChI=1S/C14H18N6O/c1-9(2)20-7-10(4-3-5-17-11(21)6-15)12-13(16)18-8-19-14(12)20/h7-9H,5-6,15H2,1-2H3,(H,17,21)(H2,16,18,19). The van der Waals surface area contributed by atoms with E-state index >= 15 is 0 Å². The summed E-state index contributed by atoms with van der Waals surface area (Å²) in [5.74, 6) is 6.03. The molecule has 0 bridgehead atoms. The van der Waals surface area contributed by atoms with Gasteiger partial charge in [-0.25, -0.2) is 9.97 Å². The molecule has 7 heteroatoms. The lowest BCUT2D eigenvalue weighted by molar-refractivity contribution is -0.119. The number of hydrogen-bond donors (Lipinski definition) is 3. The van der Waals surface area contributed by atoms with Gasteiger partial charge in [-0.2, -0.15) is 0 Å². The maximum atomic E-state index is 11.0. The fraction of sp³-hybridized carbons (Fsp3) is 0.357. The molecule has 0 aromatic carbocycles. The maximum Gasteiger partial charge on any atom is 0.234 e. The molecule has 0 saturated carbocycles. The summed E-state index contributed by atoms with van der Waals surface area (Å²) in [6.07, 6.45) is 3.34. The van der Waals surface area contributed by atoms with E-state index in [0.29, 0.717) is 5.82 Å². The number of carbonyl (C=O) groups excluding carboxylic acids is 1. The number of carbonyl (C=O) groups is 1. The molecule has 110 valence electrons. The second-order valence-corrected chi connectivity index (χ2v) is 4.78. The van der Waals surface area contributed by atoms with Crippen LogP contribution >= 0.6 is 0 Å². The fourth-order valence-electron chi connectivity index (χ4n) is 1.95. The Morgan fingerprint density at radius 2 is 2.24 bits per heavy atom. The lowest BCUT2D eigenvalue weighted by Crippen LogP contribution is -2.30. The molecule has 1 amide bonds. The molecule has 2 rings (SSSR count). The molecule has 0 unspecified atom stereocenters. The van der Waals surface area contributed by atoms with E-state index in [-0.39, 0.29) is 25.0 Å². The molecule has 7 nitrogen and oxygen atoms in total. The van der Waals surface area contributed by atoms with Crippen LogP contribution in [0.1, 0.15) is 25.5 Å². The number of nitrogens with zero attached hydrogens (tertiary/aromatic N) is 3. The summed E-state index contributed by atoms with van der Waals surface area (Å²) in [5.41, 5.74) is 12.6. The van der Waals surface area contributed by atoms with Gasteiger partial charge in [0.15, 0.2) is 0 Å². The first-order chi connectivity index (χ1) is 10.0. The average molecular weight is 286 g/mol. The van der Waals surface area contributed by atoms with Crippen molar-refractivity contribution >= 4 is 22.8 Å². The Bertz CT molecular complexity index is 722. The Labute approximate surface area is 122 Å². The number of fused-ring (bicyclic) bond motifs is 1. The van der Waals surface area contributed by atoms with Crippen LogP contribution in [0.5, 0.6) is 0 Å². The summed E-state index contributed by atoms with van der Waals surface area (Å²) >= 11 is 0. The molecule has 2 heterocycles. The van der Waals surface area contributed by atoms with Gasteiger partial charge in [0.1, 0.15) is 17.8 Å². The number of nitrogens with one attached hydrogen (secondary N) is 1. The van der Waals surface area contributed by atoms with Gasteiger partial charge in [0, 0.05) is 12.2 Å². The zero-order valence-electron chi connectivity index (χ0n) is 12.1. The molecule has 0 saturated heterocycles. The predicted molar refractivity (Wildman–Crippen MR) is 81.3 cm³/mol. The molecule has 21 heavy (non-hydrogen) atoms. The monoisotopic (exact) mass is 286 g/mol. The quantitative estimate of drug-likeness (QED) is 0.689. The van der Waals surface area contributed by atoms with Crippen molar-refractivity contribution in [3.8, 4) is 11.8 Å². The molecule has 0 fully saturated rings. The number of nitrogens with two attached hydrogens (primary N) is 2. The summed E-state index contributed by atoms with van der Waals surface area (Å²) in [6.45, 7) is 4.29. The summed E-state index contributed by atoms with van der Waals surface area (Å²) in [6, 6.07) is 0.231. The molecule has 2 aromatic heterocycles. The van der Waals surface area contributed by atoms with E-state index in [1.165, 1.54) is 6.33 Å². The highest BCUT2D eigenvalue weighted by atomic mass is 16.1. The van der Waals surface area contributed by atoms with Gasteiger partial charge in [-0.3, -0.25) is 4.79 Å². The molecule has 5 N–H and O–H groups in total. The van der Waals surface area contributed by atoms with Gasteiger partial charge in [-0.05, 0) is 13.8 Å². The second kappa shape index (κ2) is 6.24. The SMILES string of the molecule is CC(C)n1cc(C#CCNC(=O)CN)c2c(N)ncnc21. The zero-order chi connectivity index (χ0) is 15.4. The van der Waals surface area contributed by atoms with Gasteiger partial charge in [0.2, 0.25) is 5.91 Å². The first kappa shape index (κ1) is 14.8. The predicted octanol–water partition coefficient (Wildman–Crippen LogP) is 0.0208. The highest BCUT2D eigenvalue weighted by Gasteiger charge is 2.13. The van der Waals surface area contributed by atoms with E-state index in [0.717, 1.165) is 16.6 Å². The molecule has 2 aromatic rings. The Balaban J connectivity index is 2.36. The summed E-state index contributed by atoms with van der Waals surface area (Å²) in [5, 5.41) is 3.33. The van der Waals surface area contributed by atoms with Crippen molar-refractivity contribution in [1.29, 1.82) is 0 Å². The smallest absolute Gasteiger partial charge is 0.234 e. The minimum absolute atomic E-state index is 0.0465. The Hall–Kier alpha value is -2.59. The van der Waals surface area contributed by atoms with Crippen LogP contribution in [0.15, 0.2) is 12.5 Å². The van der Waals surface area contributed by atoms with Crippen molar-refractivity contribution in [3.63, 3.8) is 0 Å². The van der Waals surface area contributed by atoms with Crippen LogP contribution in [0, 0.1) is 11.8 Å². The van der Waals surface area contributed by atoms with E-state index in [1.807, 2.05) is 10.8 Å². The molecular formula is C14H18N6O. The van der Waals surface area contributed by atoms with Crippen LogP contribution < -0.4 is 16.8 Å². The highest BCUT2D eigenvalue weighted by molar-refractivity contribution is 5.92. The number of amides is 1. The third kappa shape index (κ3) is 3.12. The normalized spacial score (nSPS) is 10.5. The average Bonchev–Trinajstić information content (AvgIpc) is 2.83. The van der Waals surface area contributed by atoms with Crippen molar-refractivity contribution in [1.82, 2.24) is 19.9 Å². The van der Waals surface area contributed by atoms with Crippen molar-refractivity contribution in [2.75, 3.05) is 18.8 Å². The molecule has 0 aliphatic heterocycles. The minimum Gasteiger partial charge on any atom is -0.383 e. The summed E-state index contributed by atoms with van der Waals surface area (Å²) < 4.78 is 2.00. The van der Waals surface area contributed by atoms with Crippen LogP contribution in [0.25, 0.3) is 11.0 Å². The number of hydrogen-bond acceptors (Lipinski definition) is 5. The molecular weight excluding hydrogens is 268 g/mol. The minimum atomic E-state index is -0.239. The highest BCUT2D eigenvalue weighted by Crippen LogP contribution is 2.25. The van der Waals surface area contributed by atoms with Gasteiger partial charge in [0.05, 0.1) is 24.0 Å². The maximum absolute atomic E-state index is 11.0. The number of anilines is 1. The van der Waals surface area contributed by atoms with Crippen LogP contribution in [0.2, 0.25) is 0 Å². The van der Waals surface area contributed by atoms with Crippen LogP contribution in [0.3, 0.4) is 0 Å². The Morgan fingerprint density at radius 1 is 1.48 bits per heavy atom. The van der Waals surface area contributed by atoms with Crippen molar-refractivity contribution in [2.24, 2.45) is 5.73 Å². The third-order valence-electron chi connectivity index (χ3n) is 2.98. The Morgan fingerprint density at radius 3 is 2.90 bits per heavy atom. The molecule has 0 spiro atoms. The van der Waals surface area contributed by atoms with Gasteiger partial charge < -0.3 is 21.4 Å². The molecule has 0 aliphatic rings. The van der Waals surface area contributed by atoms with Crippen molar-refractivity contribution < 1.29 is 4.79 Å². The summed E-state index contributed by atoms with van der Waals surface area (Å²) in [4.78, 5) is 19.3. The van der Waals surface area contributed by atoms with Gasteiger partial charge in [0.25, 0.3) is 0 Å². The van der Waals surface area contributed by atoms with Crippen molar-refractivity contribution in [2.45, 2.75) is 19.9 Å². The number of nitrogen functional groups attached to an aromatic ring is 1. The topological polar surface area (TPSA) is 112 Å². The van der Waals surface area contributed by atoms with Crippen molar-refractivity contribution in [3.05, 3.63) is 18.1 Å². The fourth-order valence-corrected chi connectivity index (χ4v) is 1.95. The van der Waals surface area contributed by atoms with E-state index in [9.17, 15) is 4.79 Å².